The lowest BCUT2D eigenvalue weighted by Crippen LogP contribution is -1.98. The van der Waals surface area contributed by atoms with Gasteiger partial charge >= 0.3 is 0 Å². The van der Waals surface area contributed by atoms with Crippen molar-refractivity contribution in [1.29, 1.82) is 0 Å². The topological polar surface area (TPSA) is 49.9 Å². The lowest BCUT2D eigenvalue weighted by atomic mass is 10.1. The number of fused-ring (bicyclic) bond motifs is 1. The number of H-pyrrole nitrogens is 1. The van der Waals surface area contributed by atoms with Crippen LogP contribution in [0.25, 0.3) is 10.9 Å². The molecule has 0 aliphatic heterocycles. The molecule has 2 rings (SSSR count). The van der Waals surface area contributed by atoms with Crippen molar-refractivity contribution in [2.24, 2.45) is 0 Å². The second-order valence-electron chi connectivity index (χ2n) is 3.67. The molecule has 0 aliphatic rings. The first-order valence-electron chi connectivity index (χ1n) is 4.72. The van der Waals surface area contributed by atoms with Crippen molar-refractivity contribution in [1.82, 2.24) is 4.98 Å². The van der Waals surface area contributed by atoms with E-state index in [1.54, 1.807) is 0 Å². The van der Waals surface area contributed by atoms with Gasteiger partial charge in [0.2, 0.25) is 5.56 Å². The third kappa shape index (κ3) is 1.68. The van der Waals surface area contributed by atoms with E-state index < -0.39 is 0 Å². The van der Waals surface area contributed by atoms with Crippen LogP contribution in [0.5, 0.6) is 0 Å². The minimum atomic E-state index is -0.259. The van der Waals surface area contributed by atoms with Crippen molar-refractivity contribution in [3.05, 3.63) is 56.0 Å². The molecular formula is C12H11NO2. The van der Waals surface area contributed by atoms with Gasteiger partial charge in [0.15, 0.2) is 5.43 Å². The molecule has 0 unspecified atom stereocenters. The Morgan fingerprint density at radius 3 is 2.40 bits per heavy atom. The van der Waals surface area contributed by atoms with Gasteiger partial charge in [0.05, 0.1) is 5.52 Å². The number of nitrogens with one attached hydrogen (secondary N) is 1. The standard InChI is InChI=1S/C12H11NO2/c1-7-5-9-10(6-8(7)2)13-12(15)4-3-11(9)14/h3-6H,1-2H3,(H,13,15). The number of aromatic nitrogens is 1. The molecule has 1 aromatic carbocycles. The smallest absolute Gasteiger partial charge is 0.248 e. The summed E-state index contributed by atoms with van der Waals surface area (Å²) in [5.74, 6) is 0. The molecule has 0 amide bonds. The van der Waals surface area contributed by atoms with Gasteiger partial charge in [0, 0.05) is 11.5 Å². The fourth-order valence-electron chi connectivity index (χ4n) is 1.54. The SMILES string of the molecule is Cc1cc2[nH]c(=O)ccc(=O)c2cc1C. The molecule has 1 heterocycles. The first-order chi connectivity index (χ1) is 7.08. The van der Waals surface area contributed by atoms with Gasteiger partial charge in [-0.05, 0) is 43.2 Å². The summed E-state index contributed by atoms with van der Waals surface area (Å²) in [4.78, 5) is 25.5. The van der Waals surface area contributed by atoms with Crippen LogP contribution in [0, 0.1) is 13.8 Å². The van der Waals surface area contributed by atoms with Crippen LogP contribution >= 0.6 is 0 Å². The number of aromatic amines is 1. The molecule has 0 saturated carbocycles. The van der Waals surface area contributed by atoms with Gasteiger partial charge in [-0.2, -0.15) is 0 Å². The van der Waals surface area contributed by atoms with Crippen molar-refractivity contribution in [2.75, 3.05) is 0 Å². The molecular weight excluding hydrogens is 190 g/mol. The van der Waals surface area contributed by atoms with Crippen molar-refractivity contribution >= 4 is 10.9 Å². The van der Waals surface area contributed by atoms with Crippen molar-refractivity contribution in [3.63, 3.8) is 0 Å². The van der Waals surface area contributed by atoms with E-state index in [9.17, 15) is 9.59 Å². The maximum Gasteiger partial charge on any atom is 0.248 e. The van der Waals surface area contributed by atoms with Crippen LogP contribution in [0.1, 0.15) is 11.1 Å². The maximum atomic E-state index is 11.6. The van der Waals surface area contributed by atoms with Crippen LogP contribution in [0.3, 0.4) is 0 Å². The minimum Gasteiger partial charge on any atom is -0.322 e. The molecule has 15 heavy (non-hydrogen) atoms. The Morgan fingerprint density at radius 1 is 1.00 bits per heavy atom. The largest absolute Gasteiger partial charge is 0.322 e. The van der Waals surface area contributed by atoms with Crippen LogP contribution in [-0.4, -0.2) is 4.98 Å². The summed E-state index contributed by atoms with van der Waals surface area (Å²) in [5, 5.41) is 0.556. The molecule has 0 spiro atoms. The highest BCUT2D eigenvalue weighted by Crippen LogP contribution is 2.12. The summed E-state index contributed by atoms with van der Waals surface area (Å²) in [5.41, 5.74) is 2.31. The van der Waals surface area contributed by atoms with Gasteiger partial charge in [-0.1, -0.05) is 0 Å². The molecule has 0 atom stereocenters. The zero-order valence-corrected chi connectivity index (χ0v) is 8.63. The summed E-state index contributed by atoms with van der Waals surface area (Å²) >= 11 is 0. The van der Waals surface area contributed by atoms with Crippen molar-refractivity contribution < 1.29 is 0 Å². The van der Waals surface area contributed by atoms with Gasteiger partial charge < -0.3 is 4.98 Å². The second-order valence-corrected chi connectivity index (χ2v) is 3.67. The lowest BCUT2D eigenvalue weighted by molar-refractivity contribution is 1.30. The number of hydrogen-bond donors (Lipinski definition) is 1. The zero-order chi connectivity index (χ0) is 11.0. The Morgan fingerprint density at radius 2 is 1.67 bits per heavy atom. The molecule has 1 aromatic heterocycles. The highest BCUT2D eigenvalue weighted by Gasteiger charge is 2.00. The van der Waals surface area contributed by atoms with E-state index in [2.05, 4.69) is 4.98 Å². The van der Waals surface area contributed by atoms with Crippen molar-refractivity contribution in [2.45, 2.75) is 13.8 Å². The zero-order valence-electron chi connectivity index (χ0n) is 8.63. The molecule has 0 saturated heterocycles. The Hall–Kier alpha value is -1.90. The van der Waals surface area contributed by atoms with E-state index in [-0.39, 0.29) is 11.0 Å². The summed E-state index contributed by atoms with van der Waals surface area (Å²) in [6.07, 6.45) is 0. The average molecular weight is 201 g/mol. The Kier molecular flexibility index (Phi) is 2.15. The Balaban J connectivity index is 3.09. The molecule has 2 aromatic rings. The molecule has 0 bridgehead atoms. The van der Waals surface area contributed by atoms with Crippen LogP contribution in [0.15, 0.2) is 33.9 Å². The first-order valence-corrected chi connectivity index (χ1v) is 4.72. The highest BCUT2D eigenvalue weighted by atomic mass is 16.1. The molecule has 1 N–H and O–H groups in total. The quantitative estimate of drug-likeness (QED) is 0.702. The predicted octanol–water partition coefficient (Wildman–Crippen LogP) is 1.51. The summed E-state index contributed by atoms with van der Waals surface area (Å²) in [7, 11) is 0. The van der Waals surface area contributed by atoms with Crippen LogP contribution in [-0.2, 0) is 0 Å². The number of aryl methyl sites for hydroxylation is 2. The second kappa shape index (κ2) is 3.35. The highest BCUT2D eigenvalue weighted by molar-refractivity contribution is 5.79. The molecule has 76 valence electrons. The third-order valence-electron chi connectivity index (χ3n) is 2.54. The van der Waals surface area contributed by atoms with E-state index in [1.165, 1.54) is 12.1 Å². The van der Waals surface area contributed by atoms with Gasteiger partial charge in [-0.3, -0.25) is 9.59 Å². The molecule has 0 radical (unpaired) electrons. The summed E-state index contributed by atoms with van der Waals surface area (Å²) in [6, 6.07) is 6.19. The Bertz CT molecular complexity index is 641. The van der Waals surface area contributed by atoms with Crippen LogP contribution in [0.4, 0.5) is 0 Å². The predicted molar refractivity (Wildman–Crippen MR) is 60.3 cm³/mol. The molecule has 0 aliphatic carbocycles. The van der Waals surface area contributed by atoms with Gasteiger partial charge in [0.1, 0.15) is 0 Å². The molecule has 3 nitrogen and oxygen atoms in total. The Labute approximate surface area is 86.4 Å². The van der Waals surface area contributed by atoms with Crippen molar-refractivity contribution in [3.8, 4) is 0 Å². The average Bonchev–Trinajstić information content (AvgIpc) is 2.30. The number of benzene rings is 1. The maximum absolute atomic E-state index is 11.6. The fraction of sp³-hybridized carbons (Fsp3) is 0.167. The lowest BCUT2D eigenvalue weighted by Gasteiger charge is -1.99. The first kappa shape index (κ1) is 9.65. The summed E-state index contributed by atoms with van der Waals surface area (Å²) < 4.78 is 0. The number of rotatable bonds is 0. The molecule has 0 fully saturated rings. The molecule has 3 heteroatoms. The van der Waals surface area contributed by atoms with Gasteiger partial charge in [0.25, 0.3) is 0 Å². The van der Waals surface area contributed by atoms with Crippen LogP contribution < -0.4 is 11.0 Å². The van der Waals surface area contributed by atoms with E-state index in [0.29, 0.717) is 10.9 Å². The third-order valence-corrected chi connectivity index (χ3v) is 2.54. The minimum absolute atomic E-state index is 0.133. The number of hydrogen-bond acceptors (Lipinski definition) is 2. The normalized spacial score (nSPS) is 10.5. The monoisotopic (exact) mass is 201 g/mol. The van der Waals surface area contributed by atoms with E-state index in [1.807, 2.05) is 26.0 Å². The van der Waals surface area contributed by atoms with E-state index >= 15 is 0 Å². The van der Waals surface area contributed by atoms with Crippen LogP contribution in [0.2, 0.25) is 0 Å². The van der Waals surface area contributed by atoms with E-state index in [4.69, 9.17) is 0 Å². The van der Waals surface area contributed by atoms with Gasteiger partial charge in [-0.25, -0.2) is 0 Å². The fourth-order valence-corrected chi connectivity index (χ4v) is 1.54. The van der Waals surface area contributed by atoms with Gasteiger partial charge in [-0.15, -0.1) is 0 Å². The summed E-state index contributed by atoms with van der Waals surface area (Å²) in [6.45, 7) is 3.89. The van der Waals surface area contributed by atoms with E-state index in [0.717, 1.165) is 11.1 Å².